The summed E-state index contributed by atoms with van der Waals surface area (Å²) in [4.78, 5) is 14.3. The molecule has 18 heavy (non-hydrogen) atoms. The van der Waals surface area contributed by atoms with E-state index < -0.39 is 0 Å². The second kappa shape index (κ2) is 4.81. The molecule has 3 rings (SSSR count). The minimum Gasteiger partial charge on any atom is -0.374 e. The van der Waals surface area contributed by atoms with Gasteiger partial charge in [0.15, 0.2) is 0 Å². The fourth-order valence-corrected chi connectivity index (χ4v) is 3.36. The Kier molecular flexibility index (Phi) is 3.17. The zero-order valence-electron chi connectivity index (χ0n) is 10.3. The maximum Gasteiger partial charge on any atom is 0.285 e. The second-order valence-corrected chi connectivity index (χ2v) is 5.55. The fraction of sp³-hybridized carbons (Fsp3) is 0.727. The number of hydrogen-bond acceptors (Lipinski definition) is 6. The lowest BCUT2D eigenvalue weighted by Gasteiger charge is -2.37. The van der Waals surface area contributed by atoms with Gasteiger partial charge in [-0.25, -0.2) is 0 Å². The first-order chi connectivity index (χ1) is 8.79. The van der Waals surface area contributed by atoms with Crippen LogP contribution >= 0.6 is 11.3 Å². The molecule has 1 aromatic heterocycles. The maximum atomic E-state index is 12.4. The molecule has 2 heterocycles. The quantitative estimate of drug-likeness (QED) is 0.866. The summed E-state index contributed by atoms with van der Waals surface area (Å²) in [6, 6.07) is 0.230. The molecule has 0 bridgehead atoms. The normalized spacial score (nSPS) is 27.1. The van der Waals surface area contributed by atoms with Gasteiger partial charge in [0.2, 0.25) is 10.1 Å². The van der Waals surface area contributed by atoms with E-state index in [4.69, 9.17) is 4.74 Å². The summed E-state index contributed by atoms with van der Waals surface area (Å²) >= 11 is 1.30. The number of morpholine rings is 1. The van der Waals surface area contributed by atoms with E-state index in [0.717, 1.165) is 19.3 Å². The van der Waals surface area contributed by atoms with Crippen LogP contribution in [0.1, 0.15) is 29.1 Å². The van der Waals surface area contributed by atoms with Crippen molar-refractivity contribution >= 4 is 22.4 Å². The number of carbonyl (C=O) groups is 1. The number of nitrogens with one attached hydrogen (secondary N) is 1. The first-order valence-corrected chi connectivity index (χ1v) is 7.05. The van der Waals surface area contributed by atoms with E-state index in [0.29, 0.717) is 23.3 Å². The van der Waals surface area contributed by atoms with Crippen molar-refractivity contribution in [2.75, 3.05) is 25.5 Å². The third-order valence-electron chi connectivity index (χ3n) is 3.56. The number of anilines is 1. The predicted molar refractivity (Wildman–Crippen MR) is 67.9 cm³/mol. The number of ether oxygens (including phenoxy) is 1. The minimum atomic E-state index is -0.00537. The standard InChI is InChI=1S/C11H16N4O2S/c1-12-11-14-13-9(18-11)10(16)15-5-6-17-8-4-2-3-7(8)15/h7-8H,2-6H2,1H3,(H,12,14). The monoisotopic (exact) mass is 268 g/mol. The van der Waals surface area contributed by atoms with Gasteiger partial charge in [0.1, 0.15) is 0 Å². The van der Waals surface area contributed by atoms with Crippen LogP contribution in [0.3, 0.4) is 0 Å². The van der Waals surface area contributed by atoms with Gasteiger partial charge in [0.05, 0.1) is 18.8 Å². The molecule has 1 amide bonds. The van der Waals surface area contributed by atoms with Gasteiger partial charge in [-0.3, -0.25) is 4.79 Å². The molecule has 1 aliphatic heterocycles. The molecule has 2 unspecified atom stereocenters. The fourth-order valence-electron chi connectivity index (χ4n) is 2.71. The van der Waals surface area contributed by atoms with Crippen molar-refractivity contribution in [2.45, 2.75) is 31.4 Å². The van der Waals surface area contributed by atoms with Crippen LogP contribution in [-0.4, -0.2) is 53.3 Å². The molecule has 1 saturated carbocycles. The van der Waals surface area contributed by atoms with E-state index in [9.17, 15) is 4.79 Å². The highest BCUT2D eigenvalue weighted by Gasteiger charge is 2.39. The van der Waals surface area contributed by atoms with E-state index in [1.54, 1.807) is 7.05 Å². The average molecular weight is 268 g/mol. The Labute approximate surface area is 109 Å². The van der Waals surface area contributed by atoms with Gasteiger partial charge >= 0.3 is 0 Å². The molecule has 0 spiro atoms. The number of hydrogen-bond donors (Lipinski definition) is 1. The van der Waals surface area contributed by atoms with Crippen molar-refractivity contribution in [1.82, 2.24) is 15.1 Å². The topological polar surface area (TPSA) is 67.4 Å². The van der Waals surface area contributed by atoms with Crippen molar-refractivity contribution in [3.05, 3.63) is 5.01 Å². The Morgan fingerprint density at radius 1 is 1.50 bits per heavy atom. The first-order valence-electron chi connectivity index (χ1n) is 6.23. The Bertz CT molecular complexity index is 450. The molecule has 2 fully saturated rings. The van der Waals surface area contributed by atoms with Gasteiger partial charge in [-0.15, -0.1) is 10.2 Å². The van der Waals surface area contributed by atoms with Crippen molar-refractivity contribution in [3.8, 4) is 0 Å². The summed E-state index contributed by atoms with van der Waals surface area (Å²) in [6.07, 6.45) is 3.46. The average Bonchev–Trinajstić information content (AvgIpc) is 3.05. The number of amides is 1. The molecule has 2 atom stereocenters. The molecular formula is C11H16N4O2S. The van der Waals surface area contributed by atoms with E-state index in [1.807, 2.05) is 4.90 Å². The summed E-state index contributed by atoms with van der Waals surface area (Å²) in [7, 11) is 1.77. The highest BCUT2D eigenvalue weighted by Crippen LogP contribution is 2.31. The minimum absolute atomic E-state index is 0.00537. The summed E-state index contributed by atoms with van der Waals surface area (Å²) in [5.41, 5.74) is 0. The first kappa shape index (κ1) is 11.9. The largest absolute Gasteiger partial charge is 0.374 e. The molecule has 1 N–H and O–H groups in total. The highest BCUT2D eigenvalue weighted by molar-refractivity contribution is 7.17. The Morgan fingerprint density at radius 2 is 2.39 bits per heavy atom. The number of rotatable bonds is 2. The lowest BCUT2D eigenvalue weighted by Crippen LogP contribution is -2.51. The van der Waals surface area contributed by atoms with Crippen LogP contribution in [0, 0.1) is 0 Å². The summed E-state index contributed by atoms with van der Waals surface area (Å²) in [6.45, 7) is 1.29. The van der Waals surface area contributed by atoms with Crippen molar-refractivity contribution in [2.24, 2.45) is 0 Å². The Hall–Kier alpha value is -1.21. The molecule has 1 aromatic rings. The molecule has 1 saturated heterocycles. The Morgan fingerprint density at radius 3 is 3.17 bits per heavy atom. The van der Waals surface area contributed by atoms with Gasteiger partial charge in [-0.1, -0.05) is 11.3 Å². The van der Waals surface area contributed by atoms with Gasteiger partial charge in [-0.05, 0) is 19.3 Å². The molecule has 1 aliphatic carbocycles. The van der Waals surface area contributed by atoms with Crippen molar-refractivity contribution in [1.29, 1.82) is 0 Å². The molecule has 7 heteroatoms. The summed E-state index contributed by atoms with van der Waals surface area (Å²) in [5.74, 6) is -0.00537. The molecule has 2 aliphatic rings. The number of fused-ring (bicyclic) bond motifs is 1. The van der Waals surface area contributed by atoms with Crippen LogP contribution in [0.15, 0.2) is 0 Å². The van der Waals surface area contributed by atoms with Crippen LogP contribution in [0.2, 0.25) is 0 Å². The van der Waals surface area contributed by atoms with Crippen molar-refractivity contribution < 1.29 is 9.53 Å². The lowest BCUT2D eigenvalue weighted by molar-refractivity contribution is -0.0445. The predicted octanol–water partition coefficient (Wildman–Crippen LogP) is 0.973. The second-order valence-electron chi connectivity index (χ2n) is 4.57. The summed E-state index contributed by atoms with van der Waals surface area (Å²) in [5, 5.41) is 11.9. The summed E-state index contributed by atoms with van der Waals surface area (Å²) < 4.78 is 5.71. The number of carbonyl (C=O) groups excluding carboxylic acids is 1. The number of aromatic nitrogens is 2. The molecule has 0 radical (unpaired) electrons. The zero-order valence-corrected chi connectivity index (χ0v) is 11.1. The van der Waals surface area contributed by atoms with Crippen LogP contribution in [0.5, 0.6) is 0 Å². The van der Waals surface area contributed by atoms with Crippen LogP contribution in [-0.2, 0) is 4.74 Å². The maximum absolute atomic E-state index is 12.4. The van der Waals surface area contributed by atoms with Gasteiger partial charge < -0.3 is 15.0 Å². The van der Waals surface area contributed by atoms with E-state index in [-0.39, 0.29) is 18.1 Å². The zero-order chi connectivity index (χ0) is 12.5. The van der Waals surface area contributed by atoms with E-state index >= 15 is 0 Å². The Balaban J connectivity index is 1.78. The van der Waals surface area contributed by atoms with E-state index in [2.05, 4.69) is 15.5 Å². The van der Waals surface area contributed by atoms with Gasteiger partial charge in [-0.2, -0.15) is 0 Å². The lowest BCUT2D eigenvalue weighted by atomic mass is 10.1. The van der Waals surface area contributed by atoms with Crippen molar-refractivity contribution in [3.63, 3.8) is 0 Å². The molecule has 6 nitrogen and oxygen atoms in total. The van der Waals surface area contributed by atoms with Crippen LogP contribution in [0.25, 0.3) is 0 Å². The number of nitrogens with zero attached hydrogens (tertiary/aromatic N) is 3. The highest BCUT2D eigenvalue weighted by atomic mass is 32.1. The van der Waals surface area contributed by atoms with E-state index in [1.165, 1.54) is 11.3 Å². The molecular weight excluding hydrogens is 252 g/mol. The molecule has 98 valence electrons. The smallest absolute Gasteiger partial charge is 0.285 e. The van der Waals surface area contributed by atoms with Gasteiger partial charge in [0, 0.05) is 13.6 Å². The van der Waals surface area contributed by atoms with Crippen LogP contribution < -0.4 is 5.32 Å². The van der Waals surface area contributed by atoms with Gasteiger partial charge in [0.25, 0.3) is 5.91 Å². The third kappa shape index (κ3) is 1.97. The SMILES string of the molecule is CNc1nnc(C(=O)N2CCOC3CCCC32)s1. The van der Waals surface area contributed by atoms with Crippen LogP contribution in [0.4, 0.5) is 5.13 Å². The molecule has 0 aromatic carbocycles. The third-order valence-corrected chi connectivity index (χ3v) is 4.49.